The number of aromatic nitrogens is 3. The summed E-state index contributed by atoms with van der Waals surface area (Å²) in [4.78, 5) is 9.53. The van der Waals surface area contributed by atoms with Gasteiger partial charge in [0.2, 0.25) is 0 Å². The van der Waals surface area contributed by atoms with Gasteiger partial charge >= 0.3 is 0 Å². The van der Waals surface area contributed by atoms with E-state index in [1.807, 2.05) is 12.3 Å². The molecule has 3 rings (SSSR count). The van der Waals surface area contributed by atoms with Crippen LogP contribution in [0.3, 0.4) is 0 Å². The molecule has 20 heavy (non-hydrogen) atoms. The van der Waals surface area contributed by atoms with Crippen LogP contribution in [0.2, 0.25) is 0 Å². The van der Waals surface area contributed by atoms with Gasteiger partial charge in [0.15, 0.2) is 5.65 Å². The Morgan fingerprint density at radius 3 is 2.95 bits per heavy atom. The average molecular weight is 272 g/mol. The number of nitrogens with zero attached hydrogens (tertiary/aromatic N) is 3. The Bertz CT molecular complexity index is 594. The Morgan fingerprint density at radius 2 is 2.30 bits per heavy atom. The molecule has 1 aliphatic rings. The summed E-state index contributed by atoms with van der Waals surface area (Å²) >= 11 is 0. The minimum Gasteiger partial charge on any atom is -0.316 e. The number of hydrogen-bond acceptors (Lipinski definition) is 3. The van der Waals surface area contributed by atoms with Crippen LogP contribution in [0, 0.1) is 5.92 Å². The maximum Gasteiger partial charge on any atom is 0.159 e. The van der Waals surface area contributed by atoms with Gasteiger partial charge in [-0.05, 0) is 37.4 Å². The van der Waals surface area contributed by atoms with Gasteiger partial charge in [-0.1, -0.05) is 20.8 Å². The summed E-state index contributed by atoms with van der Waals surface area (Å²) in [5.74, 6) is 1.80. The van der Waals surface area contributed by atoms with Crippen LogP contribution in [0.4, 0.5) is 0 Å². The molecule has 0 bridgehead atoms. The van der Waals surface area contributed by atoms with Crippen LogP contribution in [-0.4, -0.2) is 27.6 Å². The number of fused-ring (bicyclic) bond motifs is 1. The highest BCUT2D eigenvalue weighted by Crippen LogP contribution is 2.38. The van der Waals surface area contributed by atoms with Gasteiger partial charge in [-0.3, -0.25) is 0 Å². The number of aryl methyl sites for hydroxylation is 1. The molecule has 1 N–H and O–H groups in total. The van der Waals surface area contributed by atoms with Crippen molar-refractivity contribution in [1.82, 2.24) is 19.9 Å². The summed E-state index contributed by atoms with van der Waals surface area (Å²) in [6.45, 7) is 9.95. The minimum absolute atomic E-state index is 0.149. The predicted octanol–water partition coefficient (Wildman–Crippen LogP) is 2.73. The van der Waals surface area contributed by atoms with Crippen LogP contribution in [0.5, 0.6) is 0 Å². The van der Waals surface area contributed by atoms with Crippen molar-refractivity contribution in [3.63, 3.8) is 0 Å². The second-order valence-electron chi connectivity index (χ2n) is 6.17. The highest BCUT2D eigenvalue weighted by Gasteiger charge is 2.42. The number of nitrogens with one attached hydrogen (secondary N) is 1. The Hall–Kier alpha value is -1.42. The van der Waals surface area contributed by atoms with Gasteiger partial charge in [-0.25, -0.2) is 9.97 Å². The first-order valence-corrected chi connectivity index (χ1v) is 7.71. The molecule has 0 spiro atoms. The summed E-state index contributed by atoms with van der Waals surface area (Å²) in [5.41, 5.74) is 2.22. The van der Waals surface area contributed by atoms with Crippen molar-refractivity contribution < 1.29 is 0 Å². The van der Waals surface area contributed by atoms with Crippen molar-refractivity contribution in [2.45, 2.75) is 45.6 Å². The third-order valence-electron chi connectivity index (χ3n) is 4.69. The molecule has 0 amide bonds. The van der Waals surface area contributed by atoms with E-state index in [9.17, 15) is 0 Å². The van der Waals surface area contributed by atoms with Crippen molar-refractivity contribution in [2.24, 2.45) is 5.92 Å². The normalized spacial score (nSPS) is 23.0. The highest BCUT2D eigenvalue weighted by atomic mass is 15.2. The second kappa shape index (κ2) is 5.17. The number of rotatable bonds is 4. The van der Waals surface area contributed by atoms with Gasteiger partial charge in [-0.15, -0.1) is 0 Å². The standard InChI is InChI=1S/C16H24N4/c1-4-10-20-14-13(6-5-8-18-14)19-15(20)16(12(2)3)7-9-17-11-16/h5-6,8,12,17H,4,7,9-11H2,1-3H3. The van der Waals surface area contributed by atoms with Crippen LogP contribution < -0.4 is 5.32 Å². The fourth-order valence-electron chi connectivity index (χ4n) is 3.43. The van der Waals surface area contributed by atoms with E-state index in [4.69, 9.17) is 4.98 Å². The van der Waals surface area contributed by atoms with E-state index in [0.717, 1.165) is 43.6 Å². The lowest BCUT2D eigenvalue weighted by molar-refractivity contribution is 0.306. The molecule has 0 saturated carbocycles. The molecular formula is C16H24N4. The Morgan fingerprint density at radius 1 is 1.45 bits per heavy atom. The molecule has 3 heterocycles. The average Bonchev–Trinajstić information content (AvgIpc) is 3.05. The SMILES string of the molecule is CCCn1c(C2(C(C)C)CCNC2)nc2cccnc21. The summed E-state index contributed by atoms with van der Waals surface area (Å²) in [6.07, 6.45) is 4.14. The van der Waals surface area contributed by atoms with E-state index in [-0.39, 0.29) is 5.41 Å². The second-order valence-corrected chi connectivity index (χ2v) is 6.17. The molecule has 1 saturated heterocycles. The zero-order chi connectivity index (χ0) is 14.2. The predicted molar refractivity (Wildman–Crippen MR) is 81.8 cm³/mol. The Kier molecular flexibility index (Phi) is 3.50. The number of pyridine rings is 1. The van der Waals surface area contributed by atoms with E-state index in [1.54, 1.807) is 0 Å². The third-order valence-corrected chi connectivity index (χ3v) is 4.69. The highest BCUT2D eigenvalue weighted by molar-refractivity contribution is 5.71. The van der Waals surface area contributed by atoms with Gasteiger partial charge < -0.3 is 9.88 Å². The van der Waals surface area contributed by atoms with Crippen LogP contribution in [0.1, 0.15) is 39.4 Å². The molecule has 1 aliphatic heterocycles. The van der Waals surface area contributed by atoms with E-state index in [0.29, 0.717) is 5.92 Å². The molecule has 1 unspecified atom stereocenters. The molecule has 0 aliphatic carbocycles. The van der Waals surface area contributed by atoms with Crippen molar-refractivity contribution in [3.05, 3.63) is 24.2 Å². The van der Waals surface area contributed by atoms with Crippen LogP contribution in [0.25, 0.3) is 11.2 Å². The zero-order valence-corrected chi connectivity index (χ0v) is 12.7. The quantitative estimate of drug-likeness (QED) is 0.930. The summed E-state index contributed by atoms with van der Waals surface area (Å²) in [5, 5.41) is 3.53. The fraction of sp³-hybridized carbons (Fsp3) is 0.625. The van der Waals surface area contributed by atoms with E-state index >= 15 is 0 Å². The molecule has 0 radical (unpaired) electrons. The van der Waals surface area contributed by atoms with Gasteiger partial charge in [0, 0.05) is 24.7 Å². The monoisotopic (exact) mass is 272 g/mol. The van der Waals surface area contributed by atoms with Crippen molar-refractivity contribution in [1.29, 1.82) is 0 Å². The van der Waals surface area contributed by atoms with Crippen LogP contribution in [-0.2, 0) is 12.0 Å². The first kappa shape index (κ1) is 13.6. The molecule has 4 nitrogen and oxygen atoms in total. The Labute approximate surface area is 120 Å². The first-order chi connectivity index (χ1) is 9.69. The summed E-state index contributed by atoms with van der Waals surface area (Å²) in [7, 11) is 0. The molecule has 1 fully saturated rings. The maximum atomic E-state index is 4.97. The summed E-state index contributed by atoms with van der Waals surface area (Å²) < 4.78 is 2.35. The number of imidazole rings is 1. The maximum absolute atomic E-state index is 4.97. The Balaban J connectivity index is 2.21. The molecule has 2 aromatic rings. The molecule has 4 heteroatoms. The van der Waals surface area contributed by atoms with Crippen LogP contribution in [0.15, 0.2) is 18.3 Å². The molecule has 1 atom stereocenters. The van der Waals surface area contributed by atoms with E-state index < -0.39 is 0 Å². The van der Waals surface area contributed by atoms with Crippen LogP contribution >= 0.6 is 0 Å². The van der Waals surface area contributed by atoms with Gasteiger partial charge in [0.25, 0.3) is 0 Å². The van der Waals surface area contributed by atoms with Gasteiger partial charge in [0.1, 0.15) is 11.3 Å². The lowest BCUT2D eigenvalue weighted by Crippen LogP contribution is -2.37. The smallest absolute Gasteiger partial charge is 0.159 e. The summed E-state index contributed by atoms with van der Waals surface area (Å²) in [6, 6.07) is 4.05. The lowest BCUT2D eigenvalue weighted by atomic mass is 9.75. The van der Waals surface area contributed by atoms with E-state index in [1.165, 1.54) is 5.82 Å². The largest absolute Gasteiger partial charge is 0.316 e. The minimum atomic E-state index is 0.149. The van der Waals surface area contributed by atoms with Gasteiger partial charge in [-0.2, -0.15) is 0 Å². The topological polar surface area (TPSA) is 42.7 Å². The number of hydrogen-bond donors (Lipinski definition) is 1. The molecule has 2 aromatic heterocycles. The fourth-order valence-corrected chi connectivity index (χ4v) is 3.43. The van der Waals surface area contributed by atoms with Crippen molar-refractivity contribution in [3.8, 4) is 0 Å². The molecule has 0 aromatic carbocycles. The zero-order valence-electron chi connectivity index (χ0n) is 12.7. The first-order valence-electron chi connectivity index (χ1n) is 7.71. The van der Waals surface area contributed by atoms with Crippen molar-refractivity contribution >= 4 is 11.2 Å². The van der Waals surface area contributed by atoms with Gasteiger partial charge in [0.05, 0.1) is 0 Å². The lowest BCUT2D eigenvalue weighted by Gasteiger charge is -2.32. The molecular weight excluding hydrogens is 248 g/mol. The van der Waals surface area contributed by atoms with E-state index in [2.05, 4.69) is 41.7 Å². The molecule has 108 valence electrons. The third kappa shape index (κ3) is 1.94. The van der Waals surface area contributed by atoms with Crippen molar-refractivity contribution in [2.75, 3.05) is 13.1 Å².